The summed E-state index contributed by atoms with van der Waals surface area (Å²) in [5.41, 5.74) is -0.330. The van der Waals surface area contributed by atoms with Crippen molar-refractivity contribution in [2.24, 2.45) is 0 Å². The van der Waals surface area contributed by atoms with Crippen LogP contribution in [0, 0.1) is 0 Å². The summed E-state index contributed by atoms with van der Waals surface area (Å²) in [4.78, 5) is 19.8. The summed E-state index contributed by atoms with van der Waals surface area (Å²) in [6.07, 6.45) is 8.87. The lowest BCUT2D eigenvalue weighted by Crippen LogP contribution is -2.44. The molecule has 1 aliphatic carbocycles. The number of aliphatic carboxylic acids is 1. The van der Waals surface area contributed by atoms with E-state index in [1.54, 1.807) is 17.1 Å². The van der Waals surface area contributed by atoms with Gasteiger partial charge in [-0.1, -0.05) is 19.3 Å². The lowest BCUT2D eigenvalue weighted by atomic mass is 9.82. The van der Waals surface area contributed by atoms with E-state index in [-0.39, 0.29) is 0 Å². The number of nitrogens with zero attached hydrogens (tertiary/aromatic N) is 4. The van der Waals surface area contributed by atoms with Crippen LogP contribution in [0.4, 0.5) is 0 Å². The minimum absolute atomic E-state index is 0.606. The molecule has 6 nitrogen and oxygen atoms in total. The Morgan fingerprint density at radius 2 is 2.06 bits per heavy atom. The smallest absolute Gasteiger partial charge is 0.331 e. The molecule has 18 heavy (non-hydrogen) atoms. The first-order chi connectivity index (χ1) is 8.74. The van der Waals surface area contributed by atoms with Gasteiger partial charge >= 0.3 is 5.97 Å². The first-order valence-corrected chi connectivity index (χ1v) is 6.12. The summed E-state index contributed by atoms with van der Waals surface area (Å²) in [6, 6.07) is 0. The number of rotatable bonds is 2. The number of carboxylic acids is 1. The molecule has 0 aliphatic heterocycles. The molecule has 0 atom stereocenters. The van der Waals surface area contributed by atoms with Crippen LogP contribution in [0.1, 0.15) is 32.1 Å². The fraction of sp³-hybridized carbons (Fsp3) is 0.500. The summed E-state index contributed by atoms with van der Waals surface area (Å²) in [6.45, 7) is 0. The highest BCUT2D eigenvalue weighted by Crippen LogP contribution is 2.36. The van der Waals surface area contributed by atoms with E-state index < -0.39 is 11.5 Å². The largest absolute Gasteiger partial charge is 0.479 e. The van der Waals surface area contributed by atoms with E-state index in [0.717, 1.165) is 24.6 Å². The fourth-order valence-corrected chi connectivity index (χ4v) is 2.74. The Kier molecular flexibility index (Phi) is 2.50. The van der Waals surface area contributed by atoms with Crippen LogP contribution in [0.15, 0.2) is 18.7 Å². The molecule has 2 aromatic rings. The lowest BCUT2D eigenvalue weighted by Gasteiger charge is -2.33. The van der Waals surface area contributed by atoms with Crippen molar-refractivity contribution in [2.75, 3.05) is 0 Å². The second kappa shape index (κ2) is 4.04. The minimum atomic E-state index is -0.936. The van der Waals surface area contributed by atoms with Gasteiger partial charge in [0.05, 0.1) is 11.6 Å². The van der Waals surface area contributed by atoms with E-state index in [0.29, 0.717) is 18.5 Å². The second-order valence-corrected chi connectivity index (χ2v) is 4.76. The van der Waals surface area contributed by atoms with Crippen molar-refractivity contribution in [3.8, 4) is 0 Å². The Labute approximate surface area is 104 Å². The van der Waals surface area contributed by atoms with Gasteiger partial charge in [-0.25, -0.2) is 19.4 Å². The number of fused-ring (bicyclic) bond motifs is 1. The third kappa shape index (κ3) is 1.48. The van der Waals surface area contributed by atoms with Crippen molar-refractivity contribution in [1.29, 1.82) is 0 Å². The Bertz CT molecular complexity index is 587. The molecule has 1 aliphatic rings. The van der Waals surface area contributed by atoms with Gasteiger partial charge < -0.3 is 5.11 Å². The highest BCUT2D eigenvalue weighted by Gasteiger charge is 2.43. The van der Waals surface area contributed by atoms with E-state index in [2.05, 4.69) is 15.1 Å². The topological polar surface area (TPSA) is 80.9 Å². The number of hydrogen-bond donors (Lipinski definition) is 1. The molecule has 2 aromatic heterocycles. The predicted octanol–water partition coefficient (Wildman–Crippen LogP) is 1.57. The predicted molar refractivity (Wildman–Crippen MR) is 64.0 cm³/mol. The van der Waals surface area contributed by atoms with Gasteiger partial charge in [-0.3, -0.25) is 0 Å². The molecule has 94 valence electrons. The molecule has 1 N–H and O–H groups in total. The summed E-state index contributed by atoms with van der Waals surface area (Å²) in [5, 5.41) is 14.6. The molecule has 0 spiro atoms. The van der Waals surface area contributed by atoms with Crippen molar-refractivity contribution >= 4 is 17.0 Å². The van der Waals surface area contributed by atoms with Gasteiger partial charge in [0.15, 0.2) is 11.2 Å². The molecule has 0 aromatic carbocycles. The zero-order chi connectivity index (χ0) is 12.6. The Balaban J connectivity index is 2.18. The van der Waals surface area contributed by atoms with Gasteiger partial charge in [0.2, 0.25) is 0 Å². The standard InChI is InChI=1S/C12H14N4O2/c17-11(18)12(4-2-1-3-5-12)16-10-9(7-15-16)6-13-8-14-10/h6-8H,1-5H2,(H,17,18). The summed E-state index contributed by atoms with van der Waals surface area (Å²) in [7, 11) is 0. The maximum absolute atomic E-state index is 11.7. The highest BCUT2D eigenvalue weighted by molar-refractivity contribution is 5.81. The Morgan fingerprint density at radius 1 is 1.28 bits per heavy atom. The number of carboxylic acid groups (broad SMARTS) is 1. The molecule has 0 saturated heterocycles. The molecule has 2 heterocycles. The van der Waals surface area contributed by atoms with E-state index in [1.807, 2.05) is 0 Å². The maximum Gasteiger partial charge on any atom is 0.331 e. The highest BCUT2D eigenvalue weighted by atomic mass is 16.4. The first kappa shape index (κ1) is 11.1. The molecule has 3 rings (SSSR count). The van der Waals surface area contributed by atoms with Crippen LogP contribution >= 0.6 is 0 Å². The van der Waals surface area contributed by atoms with Crippen molar-refractivity contribution in [2.45, 2.75) is 37.6 Å². The van der Waals surface area contributed by atoms with E-state index in [4.69, 9.17) is 0 Å². The average molecular weight is 246 g/mol. The Morgan fingerprint density at radius 3 is 2.78 bits per heavy atom. The molecule has 0 unspecified atom stereocenters. The molecule has 0 amide bonds. The van der Waals surface area contributed by atoms with Crippen LogP contribution in [-0.4, -0.2) is 30.8 Å². The molecular weight excluding hydrogens is 232 g/mol. The van der Waals surface area contributed by atoms with Crippen LogP contribution in [0.2, 0.25) is 0 Å². The van der Waals surface area contributed by atoms with Crippen LogP contribution < -0.4 is 0 Å². The molecule has 0 radical (unpaired) electrons. The summed E-state index contributed by atoms with van der Waals surface area (Å²) >= 11 is 0. The summed E-state index contributed by atoms with van der Waals surface area (Å²) < 4.78 is 1.57. The third-order valence-corrected chi connectivity index (χ3v) is 3.72. The van der Waals surface area contributed by atoms with Gasteiger partial charge in [-0.15, -0.1) is 0 Å². The van der Waals surface area contributed by atoms with Crippen LogP contribution in [-0.2, 0) is 10.3 Å². The molecule has 6 heteroatoms. The van der Waals surface area contributed by atoms with Crippen molar-refractivity contribution < 1.29 is 9.90 Å². The van der Waals surface area contributed by atoms with Gasteiger partial charge in [0, 0.05) is 6.20 Å². The second-order valence-electron chi connectivity index (χ2n) is 4.76. The fourth-order valence-electron chi connectivity index (χ4n) is 2.74. The zero-order valence-corrected chi connectivity index (χ0v) is 9.91. The van der Waals surface area contributed by atoms with Crippen LogP contribution in [0.25, 0.3) is 11.0 Å². The molecule has 0 bridgehead atoms. The zero-order valence-electron chi connectivity index (χ0n) is 9.91. The lowest BCUT2D eigenvalue weighted by molar-refractivity contribution is -0.150. The van der Waals surface area contributed by atoms with Crippen molar-refractivity contribution in [1.82, 2.24) is 19.7 Å². The van der Waals surface area contributed by atoms with Gasteiger partial charge in [0.1, 0.15) is 6.33 Å². The minimum Gasteiger partial charge on any atom is -0.479 e. The SMILES string of the molecule is O=C(O)C1(n2ncc3cncnc32)CCCCC1. The maximum atomic E-state index is 11.7. The average Bonchev–Trinajstić information content (AvgIpc) is 2.83. The van der Waals surface area contributed by atoms with Gasteiger partial charge in [0.25, 0.3) is 0 Å². The van der Waals surface area contributed by atoms with Gasteiger partial charge in [-0.2, -0.15) is 5.10 Å². The number of aromatic nitrogens is 4. The molecular formula is C12H14N4O2. The normalized spacial score (nSPS) is 18.9. The quantitative estimate of drug-likeness (QED) is 0.869. The van der Waals surface area contributed by atoms with E-state index in [1.165, 1.54) is 6.33 Å². The summed E-state index contributed by atoms with van der Waals surface area (Å²) in [5.74, 6) is -0.814. The van der Waals surface area contributed by atoms with Crippen molar-refractivity contribution in [3.05, 3.63) is 18.7 Å². The third-order valence-electron chi connectivity index (χ3n) is 3.72. The van der Waals surface area contributed by atoms with E-state index in [9.17, 15) is 9.90 Å². The van der Waals surface area contributed by atoms with Crippen LogP contribution in [0.5, 0.6) is 0 Å². The molecule has 1 saturated carbocycles. The van der Waals surface area contributed by atoms with Gasteiger partial charge in [-0.05, 0) is 12.8 Å². The monoisotopic (exact) mass is 246 g/mol. The van der Waals surface area contributed by atoms with Crippen molar-refractivity contribution in [3.63, 3.8) is 0 Å². The molecule has 1 fully saturated rings. The number of carbonyl (C=O) groups is 1. The first-order valence-electron chi connectivity index (χ1n) is 6.12. The van der Waals surface area contributed by atoms with Crippen LogP contribution in [0.3, 0.4) is 0 Å². The Hall–Kier alpha value is -1.98. The number of hydrogen-bond acceptors (Lipinski definition) is 4. The van der Waals surface area contributed by atoms with E-state index >= 15 is 0 Å².